The molecule has 1 fully saturated rings. The predicted molar refractivity (Wildman–Crippen MR) is 258 cm³/mol. The zero-order chi connectivity index (χ0) is 51.5. The van der Waals surface area contributed by atoms with Crippen molar-refractivity contribution >= 4 is 34.7 Å². The number of rotatable bonds is 16. The maximum absolute atomic E-state index is 14.1. The molecule has 18 nitrogen and oxygen atoms in total. The SMILES string of the molecule is COc1cccc2c1C(=O)c1c(O)c3c(c(O)c1C2=O)C[C@](O)(C(C)=O)C[C@H]3OC1CC(NCc2ccc(CC(=O)c3cc(CC(=O)c4cc(CC(=O)c5nccn5C)cn4C)cn3C)cc2)C(O)C(C)O1. The molecule has 5 N–H and O–H groups in total. The molecule has 4 unspecified atom stereocenters. The number of benzene rings is 3. The Morgan fingerprint density at radius 1 is 0.819 bits per heavy atom. The van der Waals surface area contributed by atoms with Crippen LogP contribution < -0.4 is 10.1 Å². The van der Waals surface area contributed by atoms with Gasteiger partial charge in [-0.25, -0.2) is 4.98 Å². The number of Topliss-reactive ketones (excluding diaryl/α,β-unsaturated/α-hetero) is 4. The number of nitrogens with zero attached hydrogens (tertiary/aromatic N) is 4. The van der Waals surface area contributed by atoms with E-state index in [4.69, 9.17) is 14.2 Å². The molecule has 6 aromatic rings. The van der Waals surface area contributed by atoms with E-state index in [2.05, 4.69) is 10.3 Å². The number of ketones is 6. The number of aliphatic hydroxyl groups excluding tert-OH is 1. The van der Waals surface area contributed by atoms with Gasteiger partial charge in [-0.15, -0.1) is 0 Å². The average Bonchev–Trinajstić information content (AvgIpc) is 4.06. The monoisotopic (exact) mass is 981 g/mol. The number of imidazole rings is 1. The summed E-state index contributed by atoms with van der Waals surface area (Å²) in [6, 6.07) is 14.7. The van der Waals surface area contributed by atoms with Gasteiger partial charge < -0.3 is 53.7 Å². The van der Waals surface area contributed by atoms with Crippen molar-refractivity contribution in [3.63, 3.8) is 0 Å². The van der Waals surface area contributed by atoms with Crippen LogP contribution in [0.1, 0.15) is 130 Å². The lowest BCUT2D eigenvalue weighted by Gasteiger charge is -2.43. The number of aromatic nitrogens is 4. The van der Waals surface area contributed by atoms with Gasteiger partial charge in [0.1, 0.15) is 22.8 Å². The van der Waals surface area contributed by atoms with Crippen molar-refractivity contribution in [2.24, 2.45) is 21.1 Å². The third-order valence-electron chi connectivity index (χ3n) is 14.2. The van der Waals surface area contributed by atoms with Crippen LogP contribution in [-0.4, -0.2) is 111 Å². The van der Waals surface area contributed by atoms with E-state index in [1.54, 1.807) is 78.7 Å². The predicted octanol–water partition coefficient (Wildman–Crippen LogP) is 4.55. The summed E-state index contributed by atoms with van der Waals surface area (Å²) < 4.78 is 22.9. The molecule has 0 saturated carbocycles. The fourth-order valence-electron chi connectivity index (χ4n) is 10.3. The lowest BCUT2D eigenvalue weighted by molar-refractivity contribution is -0.249. The highest BCUT2D eigenvalue weighted by atomic mass is 16.7. The van der Waals surface area contributed by atoms with Crippen molar-refractivity contribution in [2.45, 2.75) is 95.2 Å². The van der Waals surface area contributed by atoms with E-state index in [0.29, 0.717) is 34.9 Å². The number of nitrogens with one attached hydrogen (secondary N) is 1. The summed E-state index contributed by atoms with van der Waals surface area (Å²) in [5.74, 6) is -3.48. The van der Waals surface area contributed by atoms with Crippen LogP contribution >= 0.6 is 0 Å². The van der Waals surface area contributed by atoms with Crippen molar-refractivity contribution < 1.29 is 63.4 Å². The normalized spacial score (nSPS) is 21.5. The first-order valence-electron chi connectivity index (χ1n) is 23.5. The molecule has 18 heteroatoms. The fraction of sp³-hybridized carbons (Fsp3) is 0.352. The number of carbonyl (C=O) groups excluding carboxylic acids is 6. The third kappa shape index (κ3) is 9.11. The van der Waals surface area contributed by atoms with Crippen LogP contribution in [0.2, 0.25) is 0 Å². The molecule has 9 rings (SSSR count). The molecule has 0 bridgehead atoms. The first-order valence-corrected chi connectivity index (χ1v) is 23.5. The molecule has 0 amide bonds. The molecule has 6 atom stereocenters. The van der Waals surface area contributed by atoms with E-state index in [0.717, 1.165) is 11.1 Å². The summed E-state index contributed by atoms with van der Waals surface area (Å²) in [7, 11) is 6.59. The second-order valence-electron chi connectivity index (χ2n) is 19.1. The Bertz CT molecular complexity index is 3200. The summed E-state index contributed by atoms with van der Waals surface area (Å²) in [6.45, 7) is 3.13. The molecular weight excluding hydrogens is 927 g/mol. The number of phenolic OH excluding ortho intramolecular Hbond substituents is 2. The lowest BCUT2D eigenvalue weighted by Crippen LogP contribution is -2.54. The number of carbonyl (C=O) groups is 6. The van der Waals surface area contributed by atoms with Gasteiger partial charge in [-0.1, -0.05) is 36.4 Å². The van der Waals surface area contributed by atoms with Crippen molar-refractivity contribution in [3.05, 3.63) is 152 Å². The first-order chi connectivity index (χ1) is 34.3. The minimum atomic E-state index is -2.09. The standard InChI is InChI=1S/C54H55N5O13/c1-27-48(64)35(21-43(71-27)72-42-23-54(69,28(2)60)22-34-45(42)52(68)47-46(50(34)66)49(65)33-8-7-9-41(70-6)44(33)51(47)67)56-24-30-12-10-29(11-13-30)18-38(61)36-16-31(25-58(36)4)19-39(62)37-17-32(26-59(37)5)20-40(63)53-55-14-15-57(53)3/h7-17,25-27,35,42-43,48,56,64,66,68-69H,18-24H2,1-6H3/t27?,35?,42-,43?,48?,54-/m1/s1. The molecule has 72 heavy (non-hydrogen) atoms. The number of fused-ring (bicyclic) bond motifs is 3. The van der Waals surface area contributed by atoms with Gasteiger partial charge in [0.25, 0.3) is 0 Å². The lowest BCUT2D eigenvalue weighted by atomic mass is 9.72. The number of aryl methyl sites for hydroxylation is 3. The zero-order valence-corrected chi connectivity index (χ0v) is 40.6. The van der Waals surface area contributed by atoms with Crippen LogP contribution in [0.3, 0.4) is 0 Å². The van der Waals surface area contributed by atoms with Gasteiger partial charge >= 0.3 is 0 Å². The zero-order valence-electron chi connectivity index (χ0n) is 40.6. The second-order valence-corrected chi connectivity index (χ2v) is 19.1. The number of ether oxygens (including phenoxy) is 3. The van der Waals surface area contributed by atoms with Gasteiger partial charge in [0.2, 0.25) is 11.6 Å². The van der Waals surface area contributed by atoms with E-state index in [1.807, 2.05) is 24.3 Å². The minimum absolute atomic E-state index is 0.0432. The number of methoxy groups -OCH3 is 1. The highest BCUT2D eigenvalue weighted by Gasteiger charge is 2.49. The summed E-state index contributed by atoms with van der Waals surface area (Å²) >= 11 is 0. The van der Waals surface area contributed by atoms with Crippen molar-refractivity contribution in [3.8, 4) is 17.2 Å². The second kappa shape index (κ2) is 19.3. The van der Waals surface area contributed by atoms with Crippen LogP contribution in [0.25, 0.3) is 0 Å². The smallest absolute Gasteiger partial charge is 0.202 e. The van der Waals surface area contributed by atoms with Gasteiger partial charge in [-0.3, -0.25) is 28.8 Å². The van der Waals surface area contributed by atoms with Gasteiger partial charge in [-0.2, -0.15) is 0 Å². The van der Waals surface area contributed by atoms with Crippen LogP contribution in [-0.2, 0) is 67.6 Å². The van der Waals surface area contributed by atoms with E-state index < -0.39 is 82.6 Å². The Morgan fingerprint density at radius 3 is 2.04 bits per heavy atom. The molecule has 0 radical (unpaired) electrons. The molecular formula is C54H55N5O13. The van der Waals surface area contributed by atoms with E-state index in [9.17, 15) is 49.2 Å². The highest BCUT2D eigenvalue weighted by molar-refractivity contribution is 6.31. The topological polar surface area (TPSA) is 251 Å². The highest BCUT2D eigenvalue weighted by Crippen LogP contribution is 2.52. The first kappa shape index (κ1) is 49.6. The van der Waals surface area contributed by atoms with Crippen molar-refractivity contribution in [1.29, 1.82) is 0 Å². The van der Waals surface area contributed by atoms with Crippen LogP contribution in [0.15, 0.2) is 79.4 Å². The van der Waals surface area contributed by atoms with Crippen LogP contribution in [0.4, 0.5) is 0 Å². The van der Waals surface area contributed by atoms with Gasteiger partial charge in [-0.05, 0) is 54.3 Å². The molecule has 374 valence electrons. The summed E-state index contributed by atoms with van der Waals surface area (Å²) in [4.78, 5) is 84.8. The Labute approximate surface area is 413 Å². The van der Waals surface area contributed by atoms with Crippen LogP contribution in [0, 0.1) is 0 Å². The number of hydrogen-bond acceptors (Lipinski definition) is 15. The number of aliphatic hydroxyl groups is 2. The maximum Gasteiger partial charge on any atom is 0.202 e. The minimum Gasteiger partial charge on any atom is -0.507 e. The summed E-state index contributed by atoms with van der Waals surface area (Å²) in [5, 5.41) is 49.9. The Hall–Kier alpha value is -7.35. The quantitative estimate of drug-likeness (QED) is 0.0659. The fourth-order valence-corrected chi connectivity index (χ4v) is 10.3. The maximum atomic E-state index is 14.1. The molecule has 1 saturated heterocycles. The van der Waals surface area contributed by atoms with Gasteiger partial charge in [0.15, 0.2) is 35.2 Å². The van der Waals surface area contributed by atoms with Crippen molar-refractivity contribution in [1.82, 2.24) is 24.0 Å². The summed E-state index contributed by atoms with van der Waals surface area (Å²) in [6.07, 6.45) is 2.08. The van der Waals surface area contributed by atoms with E-state index >= 15 is 0 Å². The average molecular weight is 982 g/mol. The Morgan fingerprint density at radius 2 is 1.43 bits per heavy atom. The van der Waals surface area contributed by atoms with Crippen LogP contribution in [0.5, 0.6) is 17.2 Å². The number of aromatic hydroxyl groups is 2. The third-order valence-corrected chi connectivity index (χ3v) is 14.2. The van der Waals surface area contributed by atoms with Crippen molar-refractivity contribution in [2.75, 3.05) is 7.11 Å². The number of phenols is 2. The molecule has 3 aromatic carbocycles. The van der Waals surface area contributed by atoms with E-state index in [1.165, 1.54) is 32.2 Å². The largest absolute Gasteiger partial charge is 0.507 e. The Balaban J connectivity index is 0.845. The molecule has 2 aliphatic carbocycles. The summed E-state index contributed by atoms with van der Waals surface area (Å²) in [5.41, 5.74) is 0.548. The molecule has 3 aliphatic rings. The Kier molecular flexibility index (Phi) is 13.3. The molecule has 4 heterocycles. The molecule has 3 aromatic heterocycles. The molecule has 0 spiro atoms. The number of hydrogen-bond donors (Lipinski definition) is 5. The molecule has 1 aliphatic heterocycles. The van der Waals surface area contributed by atoms with E-state index in [-0.39, 0.29) is 77.5 Å². The van der Waals surface area contributed by atoms with Gasteiger partial charge in [0.05, 0.1) is 53.5 Å². The van der Waals surface area contributed by atoms with Gasteiger partial charge in [0, 0.05) is 114 Å².